The van der Waals surface area contributed by atoms with Crippen molar-refractivity contribution < 1.29 is 22.7 Å². The highest BCUT2D eigenvalue weighted by atomic mass is 32.2. The molecule has 0 fully saturated rings. The predicted octanol–water partition coefficient (Wildman–Crippen LogP) is 2.94. The number of esters is 1. The number of hydrogen-bond donors (Lipinski definition) is 0. The summed E-state index contributed by atoms with van der Waals surface area (Å²) in [6, 6.07) is 14.0. The van der Waals surface area contributed by atoms with Gasteiger partial charge in [0.15, 0.2) is 14.6 Å². The number of aromatic nitrogens is 1. The molecule has 0 saturated carbocycles. The van der Waals surface area contributed by atoms with E-state index in [0.717, 1.165) is 10.2 Å². The molecule has 0 aliphatic heterocycles. The van der Waals surface area contributed by atoms with Crippen LogP contribution in [0, 0.1) is 0 Å². The van der Waals surface area contributed by atoms with Crippen LogP contribution < -0.4 is 4.80 Å². The van der Waals surface area contributed by atoms with Crippen molar-refractivity contribution in [1.82, 2.24) is 4.57 Å². The van der Waals surface area contributed by atoms with Gasteiger partial charge >= 0.3 is 5.97 Å². The summed E-state index contributed by atoms with van der Waals surface area (Å²) in [4.78, 5) is 28.7. The largest absolute Gasteiger partial charge is 0.465 e. The summed E-state index contributed by atoms with van der Waals surface area (Å²) in [7, 11) is -2.10. The first-order chi connectivity index (χ1) is 14.3. The van der Waals surface area contributed by atoms with Crippen molar-refractivity contribution in [3.8, 4) is 0 Å². The minimum absolute atomic E-state index is 0.102. The number of fused-ring (bicyclic) bond motifs is 1. The van der Waals surface area contributed by atoms with Gasteiger partial charge in [-0.15, -0.1) is 0 Å². The summed E-state index contributed by atoms with van der Waals surface area (Å²) in [5.41, 5.74) is 1.95. The van der Waals surface area contributed by atoms with Crippen LogP contribution in [-0.4, -0.2) is 37.7 Å². The zero-order valence-electron chi connectivity index (χ0n) is 16.7. The number of ether oxygens (including phenoxy) is 1. The van der Waals surface area contributed by atoms with Crippen LogP contribution in [0.1, 0.15) is 29.3 Å². The lowest BCUT2D eigenvalue weighted by molar-refractivity contribution is -0.117. The van der Waals surface area contributed by atoms with Crippen molar-refractivity contribution in [1.29, 1.82) is 0 Å². The van der Waals surface area contributed by atoms with Crippen molar-refractivity contribution in [2.75, 3.05) is 12.9 Å². The topological polar surface area (TPSA) is 94.8 Å². The number of amides is 1. The van der Waals surface area contributed by atoms with Gasteiger partial charge in [0.25, 0.3) is 0 Å². The number of benzene rings is 2. The second-order valence-corrected chi connectivity index (χ2v) is 9.83. The van der Waals surface area contributed by atoms with E-state index >= 15 is 0 Å². The normalized spacial score (nSPS) is 12.3. The number of thiazole rings is 1. The maximum Gasteiger partial charge on any atom is 0.337 e. The molecule has 0 bridgehead atoms. The first-order valence-corrected chi connectivity index (χ1v) is 12.0. The van der Waals surface area contributed by atoms with Crippen molar-refractivity contribution in [3.05, 3.63) is 64.5 Å². The van der Waals surface area contributed by atoms with E-state index in [-0.39, 0.29) is 17.9 Å². The molecule has 3 rings (SSSR count). The lowest BCUT2D eigenvalue weighted by Crippen LogP contribution is -2.18. The van der Waals surface area contributed by atoms with Gasteiger partial charge in [0, 0.05) is 13.0 Å². The van der Waals surface area contributed by atoms with Gasteiger partial charge in [-0.2, -0.15) is 4.99 Å². The average Bonchev–Trinajstić information content (AvgIpc) is 3.08. The van der Waals surface area contributed by atoms with Crippen molar-refractivity contribution >= 4 is 43.3 Å². The molecule has 30 heavy (non-hydrogen) atoms. The van der Waals surface area contributed by atoms with E-state index in [4.69, 9.17) is 4.74 Å². The molecular weight excluding hydrogens is 424 g/mol. The fraction of sp³-hybridized carbons (Fsp3) is 0.286. The van der Waals surface area contributed by atoms with Gasteiger partial charge in [-0.05, 0) is 30.7 Å². The first-order valence-electron chi connectivity index (χ1n) is 9.36. The van der Waals surface area contributed by atoms with Gasteiger partial charge in [0.2, 0.25) is 5.91 Å². The van der Waals surface area contributed by atoms with Gasteiger partial charge in [-0.25, -0.2) is 13.2 Å². The van der Waals surface area contributed by atoms with E-state index in [0.29, 0.717) is 22.5 Å². The first kappa shape index (κ1) is 21.9. The van der Waals surface area contributed by atoms with Crippen LogP contribution in [0.25, 0.3) is 10.2 Å². The molecule has 7 nitrogen and oxygen atoms in total. The predicted molar refractivity (Wildman–Crippen MR) is 116 cm³/mol. The summed E-state index contributed by atoms with van der Waals surface area (Å²) in [6.07, 6.45) is -0.180. The zero-order chi connectivity index (χ0) is 21.7. The monoisotopic (exact) mass is 446 g/mol. The molecule has 3 aromatic rings. The highest BCUT2D eigenvalue weighted by Gasteiger charge is 2.15. The van der Waals surface area contributed by atoms with Crippen molar-refractivity contribution in [3.63, 3.8) is 0 Å². The Balaban J connectivity index is 1.79. The van der Waals surface area contributed by atoms with Crippen LogP contribution in [0.2, 0.25) is 0 Å². The second kappa shape index (κ2) is 9.36. The van der Waals surface area contributed by atoms with Crippen LogP contribution >= 0.6 is 11.3 Å². The van der Waals surface area contributed by atoms with E-state index in [1.54, 1.807) is 42.5 Å². The van der Waals surface area contributed by atoms with E-state index in [1.807, 2.05) is 17.6 Å². The third-order valence-electron chi connectivity index (χ3n) is 4.50. The lowest BCUT2D eigenvalue weighted by atomic mass is 10.2. The third-order valence-corrected chi connectivity index (χ3v) is 7.14. The zero-order valence-corrected chi connectivity index (χ0v) is 18.3. The number of rotatable bonds is 7. The molecular formula is C21H22N2O5S2. The Morgan fingerprint density at radius 1 is 1.13 bits per heavy atom. The molecule has 1 heterocycles. The number of carbonyl (C=O) groups is 2. The smallest absolute Gasteiger partial charge is 0.337 e. The standard InChI is InChI=1S/C21H22N2O5S2/c1-3-23-17-10-9-16(20(25)28-2)13-18(17)29-21(23)22-19(24)11-12-30(26,27)14-15-7-5-4-6-8-15/h4-10,13H,3,11-12,14H2,1-2H3. The van der Waals surface area contributed by atoms with Crippen molar-refractivity contribution in [2.24, 2.45) is 4.99 Å². The Bertz CT molecular complexity index is 1240. The molecule has 0 atom stereocenters. The lowest BCUT2D eigenvalue weighted by Gasteiger charge is -2.03. The van der Waals surface area contributed by atoms with Gasteiger partial charge in [0.1, 0.15) is 0 Å². The Morgan fingerprint density at radius 2 is 1.87 bits per heavy atom. The molecule has 0 unspecified atom stereocenters. The molecule has 158 valence electrons. The van der Waals surface area contributed by atoms with Gasteiger partial charge < -0.3 is 9.30 Å². The minimum atomic E-state index is -3.42. The van der Waals surface area contributed by atoms with E-state index in [9.17, 15) is 18.0 Å². The molecule has 0 spiro atoms. The Labute approximate surface area is 178 Å². The molecule has 0 saturated heterocycles. The van der Waals surface area contributed by atoms with E-state index < -0.39 is 21.7 Å². The van der Waals surface area contributed by atoms with E-state index in [2.05, 4.69) is 4.99 Å². The van der Waals surface area contributed by atoms with Crippen LogP contribution in [0.5, 0.6) is 0 Å². The summed E-state index contributed by atoms with van der Waals surface area (Å²) < 4.78 is 32.0. The Hall–Kier alpha value is -2.78. The van der Waals surface area contributed by atoms with Crippen LogP contribution in [-0.2, 0) is 31.7 Å². The summed E-state index contributed by atoms with van der Waals surface area (Å²) in [6.45, 7) is 2.50. The molecule has 1 aromatic heterocycles. The maximum absolute atomic E-state index is 12.4. The maximum atomic E-state index is 12.4. The number of hydrogen-bond acceptors (Lipinski definition) is 6. The van der Waals surface area contributed by atoms with E-state index in [1.165, 1.54) is 18.4 Å². The SMILES string of the molecule is CCn1c(=NC(=O)CCS(=O)(=O)Cc2ccccc2)sc2cc(C(=O)OC)ccc21. The van der Waals surface area contributed by atoms with Crippen LogP contribution in [0.15, 0.2) is 53.5 Å². The highest BCUT2D eigenvalue weighted by Crippen LogP contribution is 2.20. The number of methoxy groups -OCH3 is 1. The summed E-state index contributed by atoms with van der Waals surface area (Å²) in [5, 5.41) is 0. The van der Waals surface area contributed by atoms with Gasteiger partial charge in [0.05, 0.1) is 34.4 Å². The molecule has 1 amide bonds. The third kappa shape index (κ3) is 5.22. The average molecular weight is 447 g/mol. The molecule has 2 aromatic carbocycles. The molecule has 0 N–H and O–H groups in total. The van der Waals surface area contributed by atoms with Gasteiger partial charge in [-0.1, -0.05) is 41.7 Å². The summed E-state index contributed by atoms with van der Waals surface area (Å²) in [5.74, 6) is -1.29. The molecule has 0 aliphatic rings. The van der Waals surface area contributed by atoms with Crippen LogP contribution in [0.4, 0.5) is 0 Å². The Morgan fingerprint density at radius 3 is 2.53 bits per heavy atom. The fourth-order valence-electron chi connectivity index (χ4n) is 3.01. The highest BCUT2D eigenvalue weighted by molar-refractivity contribution is 7.90. The molecule has 0 radical (unpaired) electrons. The minimum Gasteiger partial charge on any atom is -0.465 e. The van der Waals surface area contributed by atoms with Gasteiger partial charge in [-0.3, -0.25) is 4.79 Å². The second-order valence-electron chi connectivity index (χ2n) is 6.64. The number of nitrogens with zero attached hydrogens (tertiary/aromatic N) is 2. The van der Waals surface area contributed by atoms with Crippen LogP contribution in [0.3, 0.4) is 0 Å². The quantitative estimate of drug-likeness (QED) is 0.520. The molecule has 0 aliphatic carbocycles. The number of sulfone groups is 1. The Kier molecular flexibility index (Phi) is 6.84. The fourth-order valence-corrected chi connectivity index (χ4v) is 5.50. The van der Waals surface area contributed by atoms with Crippen molar-refractivity contribution in [2.45, 2.75) is 25.6 Å². The number of aryl methyl sites for hydroxylation is 1. The summed E-state index contributed by atoms with van der Waals surface area (Å²) >= 11 is 1.27. The number of carbonyl (C=O) groups excluding carboxylic acids is 2. The molecule has 9 heteroatoms.